The summed E-state index contributed by atoms with van der Waals surface area (Å²) in [7, 11) is 0. The zero-order valence-electron chi connectivity index (χ0n) is 13.2. The van der Waals surface area contributed by atoms with Crippen LogP contribution in [0.4, 0.5) is 0 Å². The van der Waals surface area contributed by atoms with Crippen LogP contribution >= 0.6 is 0 Å². The molecule has 0 saturated carbocycles. The summed E-state index contributed by atoms with van der Waals surface area (Å²) < 4.78 is 11.4. The van der Waals surface area contributed by atoms with E-state index in [2.05, 4.69) is 38.2 Å². The molecule has 0 unspecified atom stereocenters. The summed E-state index contributed by atoms with van der Waals surface area (Å²) >= 11 is 0. The van der Waals surface area contributed by atoms with Crippen LogP contribution in [0.2, 0.25) is 0 Å². The topological polar surface area (TPSA) is 34.4 Å². The highest BCUT2D eigenvalue weighted by Crippen LogP contribution is 2.21. The van der Waals surface area contributed by atoms with E-state index in [-0.39, 0.29) is 0 Å². The molecule has 0 spiro atoms. The van der Waals surface area contributed by atoms with Crippen LogP contribution in [0.25, 0.3) is 0 Å². The van der Waals surface area contributed by atoms with Gasteiger partial charge in [-0.05, 0) is 42.6 Å². The van der Waals surface area contributed by atoms with Crippen LogP contribution in [0, 0.1) is 0 Å². The van der Waals surface area contributed by atoms with Crippen LogP contribution in [0.5, 0.6) is 5.75 Å². The molecular weight excluding hydrogens is 262 g/mol. The number of hydrogen-bond donors (Lipinski definition) is 1. The van der Waals surface area contributed by atoms with E-state index in [0.717, 1.165) is 31.0 Å². The van der Waals surface area contributed by atoms with Crippen LogP contribution in [-0.2, 0) is 13.2 Å². The molecule has 1 aromatic carbocycles. The Bertz CT molecular complexity index is 546. The lowest BCUT2D eigenvalue weighted by atomic mass is 10.0. The van der Waals surface area contributed by atoms with E-state index in [1.165, 1.54) is 11.1 Å². The first-order valence-electron chi connectivity index (χ1n) is 7.69. The zero-order valence-corrected chi connectivity index (χ0v) is 13.2. The third-order valence-corrected chi connectivity index (χ3v) is 3.47. The molecule has 21 heavy (non-hydrogen) atoms. The minimum atomic E-state index is 0.470. The summed E-state index contributed by atoms with van der Waals surface area (Å²) in [5, 5.41) is 3.38. The first-order valence-corrected chi connectivity index (χ1v) is 7.69. The highest BCUT2D eigenvalue weighted by molar-refractivity contribution is 5.30. The van der Waals surface area contributed by atoms with Crippen molar-refractivity contribution < 1.29 is 9.15 Å². The van der Waals surface area contributed by atoms with E-state index in [1.54, 1.807) is 6.26 Å². The Morgan fingerprint density at radius 2 is 2.10 bits per heavy atom. The highest BCUT2D eigenvalue weighted by Gasteiger charge is 2.07. The van der Waals surface area contributed by atoms with Gasteiger partial charge < -0.3 is 14.5 Å². The molecule has 0 fully saturated rings. The van der Waals surface area contributed by atoms with E-state index in [4.69, 9.17) is 9.15 Å². The molecule has 2 aromatic rings. The third kappa shape index (κ3) is 4.64. The van der Waals surface area contributed by atoms with E-state index in [0.29, 0.717) is 12.5 Å². The summed E-state index contributed by atoms with van der Waals surface area (Å²) in [6, 6.07) is 10.3. The van der Waals surface area contributed by atoms with Gasteiger partial charge in [-0.2, -0.15) is 0 Å². The minimum absolute atomic E-state index is 0.470. The summed E-state index contributed by atoms with van der Waals surface area (Å²) in [6.07, 6.45) is 2.86. The molecule has 0 atom stereocenters. The van der Waals surface area contributed by atoms with E-state index in [9.17, 15) is 0 Å². The Morgan fingerprint density at radius 3 is 2.86 bits per heavy atom. The second kappa shape index (κ2) is 7.89. The molecule has 3 heteroatoms. The predicted molar refractivity (Wildman–Crippen MR) is 85.6 cm³/mol. The predicted octanol–water partition coefficient (Wildman–Crippen LogP) is 4.48. The van der Waals surface area contributed by atoms with Crippen LogP contribution in [0.3, 0.4) is 0 Å². The number of nitrogens with one attached hydrogen (secondary N) is 1. The van der Waals surface area contributed by atoms with Gasteiger partial charge in [-0.3, -0.25) is 0 Å². The van der Waals surface area contributed by atoms with Gasteiger partial charge in [-0.25, -0.2) is 0 Å². The van der Waals surface area contributed by atoms with Crippen molar-refractivity contribution in [3.8, 4) is 5.75 Å². The molecule has 2 rings (SSSR count). The molecule has 1 N–H and O–H groups in total. The molecule has 1 heterocycles. The standard InChI is InChI=1S/C18H25NO2/c1-4-9-19-12-16-8-10-20-18(16)13-21-17-7-5-6-15(11-17)14(2)3/h5-8,10-11,14,19H,4,9,12-13H2,1-3H3. The molecule has 0 radical (unpaired) electrons. The number of furan rings is 1. The normalized spacial score (nSPS) is 11.0. The fraction of sp³-hybridized carbons (Fsp3) is 0.444. The lowest BCUT2D eigenvalue weighted by Gasteiger charge is -2.10. The van der Waals surface area contributed by atoms with E-state index >= 15 is 0 Å². The second-order valence-corrected chi connectivity index (χ2v) is 5.56. The largest absolute Gasteiger partial charge is 0.486 e. The van der Waals surface area contributed by atoms with Gasteiger partial charge in [0, 0.05) is 12.1 Å². The molecule has 0 aliphatic heterocycles. The van der Waals surface area contributed by atoms with Crippen LogP contribution < -0.4 is 10.1 Å². The van der Waals surface area contributed by atoms with Crippen molar-refractivity contribution in [2.75, 3.05) is 6.54 Å². The maximum atomic E-state index is 5.87. The van der Waals surface area contributed by atoms with Crippen LogP contribution in [0.15, 0.2) is 41.0 Å². The van der Waals surface area contributed by atoms with E-state index < -0.39 is 0 Å². The summed E-state index contributed by atoms with van der Waals surface area (Å²) in [5.74, 6) is 2.30. The third-order valence-electron chi connectivity index (χ3n) is 3.47. The average Bonchev–Trinajstić information content (AvgIpc) is 2.93. The Balaban J connectivity index is 1.94. The van der Waals surface area contributed by atoms with Gasteiger partial charge in [0.2, 0.25) is 0 Å². The fourth-order valence-electron chi connectivity index (χ4n) is 2.16. The van der Waals surface area contributed by atoms with Crippen molar-refractivity contribution in [3.05, 3.63) is 53.5 Å². The van der Waals surface area contributed by atoms with Crippen molar-refractivity contribution in [1.29, 1.82) is 0 Å². The highest BCUT2D eigenvalue weighted by atomic mass is 16.5. The Labute approximate surface area is 127 Å². The van der Waals surface area contributed by atoms with Crippen LogP contribution in [-0.4, -0.2) is 6.54 Å². The molecule has 3 nitrogen and oxygen atoms in total. The van der Waals surface area contributed by atoms with Gasteiger partial charge in [0.1, 0.15) is 18.1 Å². The summed E-state index contributed by atoms with van der Waals surface area (Å²) in [6.45, 7) is 8.84. The molecule has 0 aliphatic rings. The molecule has 0 bridgehead atoms. The van der Waals surface area contributed by atoms with Crippen molar-refractivity contribution in [2.45, 2.75) is 46.3 Å². The van der Waals surface area contributed by atoms with Gasteiger partial charge in [0.15, 0.2) is 0 Å². The number of ether oxygens (including phenoxy) is 1. The van der Waals surface area contributed by atoms with Crippen molar-refractivity contribution in [3.63, 3.8) is 0 Å². The second-order valence-electron chi connectivity index (χ2n) is 5.56. The fourth-order valence-corrected chi connectivity index (χ4v) is 2.16. The van der Waals surface area contributed by atoms with Gasteiger partial charge in [0.05, 0.1) is 6.26 Å². The Morgan fingerprint density at radius 1 is 1.24 bits per heavy atom. The monoisotopic (exact) mass is 287 g/mol. The maximum Gasteiger partial charge on any atom is 0.146 e. The first-order chi connectivity index (χ1) is 10.2. The maximum absolute atomic E-state index is 5.87. The Kier molecular flexibility index (Phi) is 5.88. The molecule has 0 aliphatic carbocycles. The molecule has 1 aromatic heterocycles. The SMILES string of the molecule is CCCNCc1ccoc1COc1cccc(C(C)C)c1. The molecule has 114 valence electrons. The number of benzene rings is 1. The molecular formula is C18H25NO2. The first kappa shape index (κ1) is 15.6. The lowest BCUT2D eigenvalue weighted by molar-refractivity contribution is 0.268. The smallest absolute Gasteiger partial charge is 0.146 e. The van der Waals surface area contributed by atoms with Gasteiger partial charge in [-0.15, -0.1) is 0 Å². The Hall–Kier alpha value is -1.74. The number of hydrogen-bond acceptors (Lipinski definition) is 3. The van der Waals surface area contributed by atoms with Crippen LogP contribution in [0.1, 0.15) is 50.0 Å². The van der Waals surface area contributed by atoms with Gasteiger partial charge in [0.25, 0.3) is 0 Å². The quantitative estimate of drug-likeness (QED) is 0.727. The zero-order chi connectivity index (χ0) is 15.1. The lowest BCUT2D eigenvalue weighted by Crippen LogP contribution is -2.14. The molecule has 0 amide bonds. The summed E-state index contributed by atoms with van der Waals surface area (Å²) in [5.41, 5.74) is 2.46. The van der Waals surface area contributed by atoms with Gasteiger partial charge >= 0.3 is 0 Å². The van der Waals surface area contributed by atoms with Crippen molar-refractivity contribution in [1.82, 2.24) is 5.32 Å². The average molecular weight is 287 g/mol. The van der Waals surface area contributed by atoms with Gasteiger partial charge in [-0.1, -0.05) is 32.9 Å². The van der Waals surface area contributed by atoms with Crippen molar-refractivity contribution in [2.24, 2.45) is 0 Å². The molecule has 0 saturated heterocycles. The number of rotatable bonds is 8. The van der Waals surface area contributed by atoms with E-state index in [1.807, 2.05) is 18.2 Å². The van der Waals surface area contributed by atoms with Crippen molar-refractivity contribution >= 4 is 0 Å². The minimum Gasteiger partial charge on any atom is -0.486 e. The summed E-state index contributed by atoms with van der Waals surface area (Å²) in [4.78, 5) is 0.